The van der Waals surface area contributed by atoms with E-state index in [1.807, 2.05) is 0 Å². The summed E-state index contributed by atoms with van der Waals surface area (Å²) in [4.78, 5) is 0. The zero-order valence-electron chi connectivity index (χ0n) is 10.4. The van der Waals surface area contributed by atoms with E-state index >= 15 is 0 Å². The van der Waals surface area contributed by atoms with Gasteiger partial charge >= 0.3 is 6.61 Å². The van der Waals surface area contributed by atoms with E-state index in [1.165, 1.54) is 13.1 Å². The van der Waals surface area contributed by atoms with Crippen molar-refractivity contribution >= 4 is 11.6 Å². The van der Waals surface area contributed by atoms with Crippen LogP contribution in [0.25, 0.3) is 11.3 Å². The van der Waals surface area contributed by atoms with Crippen LogP contribution in [0.15, 0.2) is 12.1 Å². The number of aromatic nitrogens is 2. The molecule has 1 aromatic heterocycles. The molecule has 0 saturated carbocycles. The molecule has 0 bridgehead atoms. The highest BCUT2D eigenvalue weighted by Crippen LogP contribution is 2.37. The molecule has 2 rings (SSSR count). The summed E-state index contributed by atoms with van der Waals surface area (Å²) in [5, 5.41) is 11.9. The highest BCUT2D eigenvalue weighted by Gasteiger charge is 2.23. The van der Waals surface area contributed by atoms with Crippen molar-refractivity contribution in [3.8, 4) is 23.2 Å². The number of halogens is 5. The molecule has 0 aliphatic rings. The standard InChI is InChI=1S/C12H6ClF4N3O/c1-20-11(21-12(16)17)9(13)10(19-20)6-3-7(14)5(4-18)2-8(6)15/h2-3,12H,1H3. The summed E-state index contributed by atoms with van der Waals surface area (Å²) in [5.41, 5.74) is -1.13. The van der Waals surface area contributed by atoms with Crippen LogP contribution >= 0.6 is 11.6 Å². The molecule has 0 N–H and O–H groups in total. The Kier molecular flexibility index (Phi) is 4.04. The first-order valence-corrected chi connectivity index (χ1v) is 5.79. The van der Waals surface area contributed by atoms with Crippen LogP contribution < -0.4 is 4.74 Å². The molecule has 1 aromatic carbocycles. The highest BCUT2D eigenvalue weighted by atomic mass is 35.5. The third-order valence-corrected chi connectivity index (χ3v) is 2.91. The van der Waals surface area contributed by atoms with E-state index in [9.17, 15) is 17.6 Å². The van der Waals surface area contributed by atoms with Gasteiger partial charge in [0.1, 0.15) is 28.4 Å². The minimum atomic E-state index is -3.15. The number of nitriles is 1. The third-order valence-electron chi connectivity index (χ3n) is 2.57. The van der Waals surface area contributed by atoms with Gasteiger partial charge in [0.05, 0.1) is 5.56 Å². The van der Waals surface area contributed by atoms with Gasteiger partial charge in [-0.3, -0.25) is 0 Å². The molecule has 0 aliphatic carbocycles. The normalized spacial score (nSPS) is 10.8. The van der Waals surface area contributed by atoms with E-state index in [0.29, 0.717) is 12.1 Å². The second-order valence-corrected chi connectivity index (χ2v) is 4.27. The van der Waals surface area contributed by atoms with Crippen LogP contribution in [-0.2, 0) is 7.05 Å². The lowest BCUT2D eigenvalue weighted by Gasteiger charge is -2.04. The second kappa shape index (κ2) is 5.61. The zero-order chi connectivity index (χ0) is 15.7. The molecular weight excluding hydrogens is 314 g/mol. The van der Waals surface area contributed by atoms with Gasteiger partial charge in [0.15, 0.2) is 0 Å². The van der Waals surface area contributed by atoms with Crippen LogP contribution in [0.2, 0.25) is 5.02 Å². The highest BCUT2D eigenvalue weighted by molar-refractivity contribution is 6.34. The van der Waals surface area contributed by atoms with E-state index in [1.54, 1.807) is 0 Å². The van der Waals surface area contributed by atoms with Gasteiger partial charge in [-0.05, 0) is 12.1 Å². The average Bonchev–Trinajstić information content (AvgIpc) is 2.68. The molecule has 1 heterocycles. The lowest BCUT2D eigenvalue weighted by Crippen LogP contribution is -2.06. The number of nitrogens with zero attached hydrogens (tertiary/aromatic N) is 3. The van der Waals surface area contributed by atoms with Crippen molar-refractivity contribution in [2.45, 2.75) is 6.61 Å². The molecule has 0 amide bonds. The summed E-state index contributed by atoms with van der Waals surface area (Å²) in [6, 6.07) is 2.86. The number of alkyl halides is 2. The van der Waals surface area contributed by atoms with Gasteiger partial charge in [0, 0.05) is 12.6 Å². The first-order chi connectivity index (χ1) is 9.85. The Labute approximate surface area is 121 Å². The Morgan fingerprint density at radius 2 is 2.00 bits per heavy atom. The lowest BCUT2D eigenvalue weighted by molar-refractivity contribution is -0.0552. The number of hydrogen-bond acceptors (Lipinski definition) is 3. The minimum Gasteiger partial charge on any atom is -0.416 e. The van der Waals surface area contributed by atoms with Gasteiger partial charge in [-0.2, -0.15) is 19.1 Å². The molecule has 9 heteroatoms. The molecule has 0 unspecified atom stereocenters. The Hall–Kier alpha value is -2.27. The summed E-state index contributed by atoms with van der Waals surface area (Å²) in [5.74, 6) is -2.42. The Morgan fingerprint density at radius 1 is 1.33 bits per heavy atom. The van der Waals surface area contributed by atoms with Crippen LogP contribution in [-0.4, -0.2) is 16.4 Å². The smallest absolute Gasteiger partial charge is 0.388 e. The maximum absolute atomic E-state index is 13.9. The number of ether oxygens (including phenoxy) is 1. The predicted molar refractivity (Wildman–Crippen MR) is 64.9 cm³/mol. The van der Waals surface area contributed by atoms with Gasteiger partial charge in [-0.15, -0.1) is 0 Å². The maximum atomic E-state index is 13.9. The number of benzene rings is 1. The monoisotopic (exact) mass is 319 g/mol. The van der Waals surface area contributed by atoms with E-state index in [0.717, 1.165) is 4.68 Å². The SMILES string of the molecule is Cn1nc(-c2cc(F)c(C#N)cc2F)c(Cl)c1OC(F)F. The van der Waals surface area contributed by atoms with Gasteiger partial charge in [-0.1, -0.05) is 11.6 Å². The Balaban J connectivity index is 2.58. The molecule has 0 spiro atoms. The second-order valence-electron chi connectivity index (χ2n) is 3.89. The molecule has 110 valence electrons. The van der Waals surface area contributed by atoms with E-state index in [4.69, 9.17) is 16.9 Å². The van der Waals surface area contributed by atoms with Crippen molar-refractivity contribution in [2.24, 2.45) is 7.05 Å². The van der Waals surface area contributed by atoms with Gasteiger partial charge in [0.25, 0.3) is 0 Å². The van der Waals surface area contributed by atoms with Crippen molar-refractivity contribution < 1.29 is 22.3 Å². The molecule has 0 fully saturated rings. The van der Waals surface area contributed by atoms with Gasteiger partial charge in [-0.25, -0.2) is 13.5 Å². The average molecular weight is 320 g/mol. The van der Waals surface area contributed by atoms with Crippen molar-refractivity contribution in [3.05, 3.63) is 34.4 Å². The van der Waals surface area contributed by atoms with Crippen LogP contribution in [0, 0.1) is 23.0 Å². The number of aryl methyl sites for hydroxylation is 1. The fraction of sp³-hybridized carbons (Fsp3) is 0.167. The van der Waals surface area contributed by atoms with E-state index in [-0.39, 0.29) is 16.3 Å². The first kappa shape index (κ1) is 15.1. The Bertz CT molecular complexity index is 739. The summed E-state index contributed by atoms with van der Waals surface area (Å²) < 4.78 is 56.9. The molecule has 0 saturated heterocycles. The van der Waals surface area contributed by atoms with Crippen molar-refractivity contribution in [2.75, 3.05) is 0 Å². The topological polar surface area (TPSA) is 50.8 Å². The Morgan fingerprint density at radius 3 is 2.57 bits per heavy atom. The molecular formula is C12H6ClF4N3O. The molecule has 0 atom stereocenters. The largest absolute Gasteiger partial charge is 0.416 e. The summed E-state index contributed by atoms with van der Waals surface area (Å²) in [6.45, 7) is -3.15. The molecule has 4 nitrogen and oxygen atoms in total. The first-order valence-electron chi connectivity index (χ1n) is 5.42. The van der Waals surface area contributed by atoms with Crippen molar-refractivity contribution in [1.82, 2.24) is 9.78 Å². The fourth-order valence-electron chi connectivity index (χ4n) is 1.68. The van der Waals surface area contributed by atoms with E-state index < -0.39 is 29.7 Å². The zero-order valence-corrected chi connectivity index (χ0v) is 11.1. The fourth-order valence-corrected chi connectivity index (χ4v) is 1.99. The van der Waals surface area contributed by atoms with Crippen LogP contribution in [0.5, 0.6) is 5.88 Å². The number of rotatable bonds is 3. The van der Waals surface area contributed by atoms with E-state index in [2.05, 4.69) is 9.84 Å². The molecule has 2 aromatic rings. The summed E-state index contributed by atoms with van der Waals surface area (Å²) >= 11 is 5.81. The van der Waals surface area contributed by atoms with Crippen LogP contribution in [0.3, 0.4) is 0 Å². The predicted octanol–water partition coefficient (Wildman–Crippen LogP) is 3.49. The van der Waals surface area contributed by atoms with Crippen LogP contribution in [0.1, 0.15) is 5.56 Å². The van der Waals surface area contributed by atoms with Gasteiger partial charge in [0.2, 0.25) is 5.88 Å². The molecule has 0 aliphatic heterocycles. The third kappa shape index (κ3) is 2.78. The minimum absolute atomic E-state index is 0.268. The van der Waals surface area contributed by atoms with Crippen molar-refractivity contribution in [3.63, 3.8) is 0 Å². The van der Waals surface area contributed by atoms with Crippen LogP contribution in [0.4, 0.5) is 17.6 Å². The quantitative estimate of drug-likeness (QED) is 0.814. The lowest BCUT2D eigenvalue weighted by atomic mass is 10.1. The van der Waals surface area contributed by atoms with Crippen molar-refractivity contribution in [1.29, 1.82) is 5.26 Å². The molecule has 21 heavy (non-hydrogen) atoms. The summed E-state index contributed by atoms with van der Waals surface area (Å²) in [7, 11) is 1.25. The maximum Gasteiger partial charge on any atom is 0.388 e. The molecule has 0 radical (unpaired) electrons. The number of hydrogen-bond donors (Lipinski definition) is 0. The summed E-state index contributed by atoms with van der Waals surface area (Å²) in [6.07, 6.45) is 0. The van der Waals surface area contributed by atoms with Gasteiger partial charge < -0.3 is 4.74 Å².